The van der Waals surface area contributed by atoms with Crippen molar-refractivity contribution in [1.82, 2.24) is 10.2 Å². The average molecular weight is 825 g/mol. The van der Waals surface area contributed by atoms with Crippen molar-refractivity contribution in [1.29, 1.82) is 0 Å². The smallest absolute Gasteiger partial charge is 0.337 e. The van der Waals surface area contributed by atoms with E-state index in [1.807, 2.05) is 66.7 Å². The number of esters is 1. The van der Waals surface area contributed by atoms with Crippen LogP contribution in [0.1, 0.15) is 116 Å². The van der Waals surface area contributed by atoms with E-state index in [-0.39, 0.29) is 33.9 Å². The number of aliphatic hydroxyl groups excluding tert-OH is 2. The Hall–Kier alpha value is -4.25. The molecule has 1 saturated heterocycles. The van der Waals surface area contributed by atoms with E-state index in [9.17, 15) is 15.0 Å². The van der Waals surface area contributed by atoms with Gasteiger partial charge >= 0.3 is 5.97 Å². The van der Waals surface area contributed by atoms with Gasteiger partial charge in [-0.25, -0.2) is 4.79 Å². The highest BCUT2D eigenvalue weighted by molar-refractivity contribution is 6.31. The van der Waals surface area contributed by atoms with Gasteiger partial charge in [-0.15, -0.1) is 0 Å². The fourth-order valence-electron chi connectivity index (χ4n) is 10.9. The van der Waals surface area contributed by atoms with Crippen molar-refractivity contribution in [3.8, 4) is 0 Å². The number of carbonyl (C=O) groups is 3. The van der Waals surface area contributed by atoms with Crippen molar-refractivity contribution < 1.29 is 29.3 Å². The number of amides is 2. The maximum Gasteiger partial charge on any atom is 0.337 e. The number of benzene rings is 4. The minimum Gasteiger partial charge on any atom is -0.465 e. The van der Waals surface area contributed by atoms with Crippen molar-refractivity contribution in [3.05, 3.63) is 135 Å². The summed E-state index contributed by atoms with van der Waals surface area (Å²) in [5.74, 6) is -2.12. The normalized spacial score (nSPS) is 27.1. The van der Waals surface area contributed by atoms with Gasteiger partial charge in [-0.3, -0.25) is 14.5 Å². The van der Waals surface area contributed by atoms with Gasteiger partial charge in [0.05, 0.1) is 37.0 Å². The first-order valence-corrected chi connectivity index (χ1v) is 21.1. The summed E-state index contributed by atoms with van der Waals surface area (Å²) in [5.41, 5.74) is 0.823. The fraction of sp³-hybridized carbons (Fsp3) is 0.426. The Bertz CT molecular complexity index is 2180. The van der Waals surface area contributed by atoms with Crippen LogP contribution in [0.5, 0.6) is 0 Å². The van der Waals surface area contributed by atoms with Crippen LogP contribution >= 0.6 is 23.2 Å². The second-order valence-electron chi connectivity index (χ2n) is 17.5. The third-order valence-corrected chi connectivity index (χ3v) is 14.1. The number of anilines is 1. The number of likely N-dealkylation sites (tertiary alicyclic amines) is 1. The molecule has 58 heavy (non-hydrogen) atoms. The summed E-state index contributed by atoms with van der Waals surface area (Å²) in [5, 5.41) is 30.7. The Morgan fingerprint density at radius 3 is 2.12 bits per heavy atom. The monoisotopic (exact) mass is 823 g/mol. The summed E-state index contributed by atoms with van der Waals surface area (Å²) in [6, 6.07) is 27.5. The summed E-state index contributed by atoms with van der Waals surface area (Å²) >= 11 is 13.6. The molecule has 8 rings (SSSR count). The van der Waals surface area contributed by atoms with E-state index in [2.05, 4.69) is 29.4 Å². The summed E-state index contributed by atoms with van der Waals surface area (Å²) in [7, 11) is 1.30. The molecule has 4 aliphatic rings. The van der Waals surface area contributed by atoms with Gasteiger partial charge in [0.2, 0.25) is 11.8 Å². The molecule has 2 aliphatic carbocycles. The molecule has 3 unspecified atom stereocenters. The second-order valence-corrected chi connectivity index (χ2v) is 18.3. The Balaban J connectivity index is 1.48. The molecule has 2 heterocycles. The van der Waals surface area contributed by atoms with Crippen LogP contribution in [0.3, 0.4) is 0 Å². The number of ether oxygens (including phenoxy) is 1. The van der Waals surface area contributed by atoms with Gasteiger partial charge in [0.15, 0.2) is 0 Å². The lowest BCUT2D eigenvalue weighted by Crippen LogP contribution is -2.64. The minimum absolute atomic E-state index is 0.0802. The third-order valence-electron chi connectivity index (χ3n) is 13.6. The van der Waals surface area contributed by atoms with E-state index in [0.29, 0.717) is 65.9 Å². The first-order chi connectivity index (χ1) is 27.8. The molecule has 11 heteroatoms. The summed E-state index contributed by atoms with van der Waals surface area (Å²) < 4.78 is 5.20. The molecule has 3 fully saturated rings. The number of hydrogen-bond acceptors (Lipinski definition) is 7. The highest BCUT2D eigenvalue weighted by atomic mass is 35.5. The summed E-state index contributed by atoms with van der Waals surface area (Å²) in [6.07, 6.45) is 3.22. The van der Waals surface area contributed by atoms with E-state index in [1.54, 1.807) is 24.3 Å². The highest BCUT2D eigenvalue weighted by Crippen LogP contribution is 2.69. The first-order valence-electron chi connectivity index (χ1n) is 20.3. The first kappa shape index (κ1) is 40.5. The number of nitrogens with zero attached hydrogens (tertiary/aromatic N) is 1. The lowest BCUT2D eigenvalue weighted by atomic mass is 9.53. The maximum absolute atomic E-state index is 15.8. The molecular weight excluding hydrogens is 773 g/mol. The number of nitrogens with one attached hydrogen (secondary N) is 2. The van der Waals surface area contributed by atoms with Crippen LogP contribution in [0.2, 0.25) is 10.0 Å². The number of fused-ring (bicyclic) bond motifs is 3. The standard InChI is InChI=1S/C47H51Cl2N3O6/c1-45(2)20-22-46(23-21-45)47(36-19-14-32(48)27-37(36)51-44(47)57)38(30-24-31(43(56)58-3)26-33(49)25-30)40(42(55)50-34-15-17-35(53)18-16-34)52(46)39(28-10-6-4-7-11-28)41(54)29-12-8-5-9-13-29/h4-14,19,24-27,34-35,38-41,53-54H,15-18,20-23H2,1-3H3,(H,50,55)(H,51,57)/t34?,35?,38-,39?,40+,41?,47?/m0/s1. The molecule has 0 bridgehead atoms. The van der Waals surface area contributed by atoms with Gasteiger partial charge in [0.1, 0.15) is 5.41 Å². The van der Waals surface area contributed by atoms with E-state index >= 15 is 9.59 Å². The molecular formula is C47H51Cl2N3O6. The topological polar surface area (TPSA) is 128 Å². The fourth-order valence-corrected chi connectivity index (χ4v) is 11.3. The highest BCUT2D eigenvalue weighted by Gasteiger charge is 2.77. The van der Waals surface area contributed by atoms with Gasteiger partial charge < -0.3 is 25.6 Å². The Morgan fingerprint density at radius 2 is 1.48 bits per heavy atom. The summed E-state index contributed by atoms with van der Waals surface area (Å²) in [4.78, 5) is 47.1. The van der Waals surface area contributed by atoms with E-state index in [1.165, 1.54) is 13.2 Å². The Labute approximate surface area is 350 Å². The molecule has 304 valence electrons. The lowest BCUT2D eigenvalue weighted by molar-refractivity contribution is -0.137. The molecule has 2 spiro atoms. The molecule has 4 aromatic rings. The van der Waals surface area contributed by atoms with Gasteiger partial charge in [-0.2, -0.15) is 0 Å². The Morgan fingerprint density at radius 1 is 0.845 bits per heavy atom. The molecule has 5 atom stereocenters. The lowest BCUT2D eigenvalue weighted by Gasteiger charge is -2.56. The van der Waals surface area contributed by atoms with Crippen molar-refractivity contribution >= 4 is 46.7 Å². The van der Waals surface area contributed by atoms with E-state index in [0.717, 1.165) is 18.4 Å². The molecule has 9 nitrogen and oxygen atoms in total. The van der Waals surface area contributed by atoms with E-state index < -0.39 is 47.1 Å². The minimum atomic E-state index is -1.45. The largest absolute Gasteiger partial charge is 0.465 e. The molecule has 2 amide bonds. The number of methoxy groups -OCH3 is 1. The molecule has 0 aromatic heterocycles. The van der Waals surface area contributed by atoms with Crippen LogP contribution < -0.4 is 10.6 Å². The quantitative estimate of drug-likeness (QED) is 0.131. The SMILES string of the molecule is COC(=O)c1cc(Cl)cc([C@H]2[C@H](C(=O)NC3CCC(O)CC3)N(C(c3ccccc3)C(O)c3ccccc3)C3(CCC(C)(C)CC3)C23C(=O)Nc2cc(Cl)ccc23)c1. The predicted molar refractivity (Wildman–Crippen MR) is 225 cm³/mol. The van der Waals surface area contributed by atoms with Crippen LogP contribution in [0.25, 0.3) is 0 Å². The van der Waals surface area contributed by atoms with Gasteiger partial charge in [0, 0.05) is 33.2 Å². The zero-order valence-electron chi connectivity index (χ0n) is 33.1. The second kappa shape index (κ2) is 15.7. The van der Waals surface area contributed by atoms with Crippen molar-refractivity contribution in [2.45, 2.75) is 112 Å². The zero-order chi connectivity index (χ0) is 41.0. The number of carbonyl (C=O) groups excluding carboxylic acids is 3. The summed E-state index contributed by atoms with van der Waals surface area (Å²) in [6.45, 7) is 4.47. The van der Waals surface area contributed by atoms with Crippen LogP contribution in [0, 0.1) is 5.41 Å². The molecule has 0 radical (unpaired) electrons. The van der Waals surface area contributed by atoms with Gasteiger partial charge in [-0.1, -0.05) is 104 Å². The molecule has 4 N–H and O–H groups in total. The van der Waals surface area contributed by atoms with Crippen molar-refractivity contribution in [2.24, 2.45) is 5.41 Å². The number of halogens is 2. The van der Waals surface area contributed by atoms with Crippen LogP contribution in [0.15, 0.2) is 97.1 Å². The average Bonchev–Trinajstić information content (AvgIpc) is 3.65. The third kappa shape index (κ3) is 6.82. The zero-order valence-corrected chi connectivity index (χ0v) is 34.6. The predicted octanol–water partition coefficient (Wildman–Crippen LogP) is 8.67. The number of aliphatic hydroxyl groups is 2. The van der Waals surface area contributed by atoms with Gasteiger partial charge in [-0.05, 0) is 109 Å². The van der Waals surface area contributed by atoms with E-state index in [4.69, 9.17) is 27.9 Å². The van der Waals surface area contributed by atoms with Crippen LogP contribution in [-0.4, -0.2) is 63.7 Å². The molecule has 2 saturated carbocycles. The van der Waals surface area contributed by atoms with Gasteiger partial charge in [0.25, 0.3) is 0 Å². The number of rotatable bonds is 8. The van der Waals surface area contributed by atoms with Crippen molar-refractivity contribution in [3.63, 3.8) is 0 Å². The van der Waals surface area contributed by atoms with Crippen molar-refractivity contribution in [2.75, 3.05) is 12.4 Å². The van der Waals surface area contributed by atoms with Crippen LogP contribution in [-0.2, 0) is 19.7 Å². The van der Waals surface area contributed by atoms with Crippen LogP contribution in [0.4, 0.5) is 5.69 Å². The number of hydrogen-bond donors (Lipinski definition) is 4. The Kier molecular flexibility index (Phi) is 11.0. The maximum atomic E-state index is 15.8. The molecule has 2 aliphatic heterocycles. The molecule has 4 aromatic carbocycles.